The number of methoxy groups -OCH3 is 1. The summed E-state index contributed by atoms with van der Waals surface area (Å²) in [6.45, 7) is 4.07. The van der Waals surface area contributed by atoms with E-state index in [0.717, 1.165) is 24.3 Å². The number of aromatic nitrogens is 3. The van der Waals surface area contributed by atoms with Gasteiger partial charge in [-0.25, -0.2) is 15.0 Å². The minimum Gasteiger partial charge on any atom is -0.481 e. The lowest BCUT2D eigenvalue weighted by atomic mass is 9.75. The van der Waals surface area contributed by atoms with Gasteiger partial charge in [0.2, 0.25) is 5.88 Å². The van der Waals surface area contributed by atoms with Gasteiger partial charge < -0.3 is 9.47 Å². The van der Waals surface area contributed by atoms with Gasteiger partial charge in [0.25, 0.3) is 6.02 Å². The molecule has 2 aromatic heterocycles. The molecule has 1 atom stereocenters. The molecule has 0 unspecified atom stereocenters. The van der Waals surface area contributed by atoms with Gasteiger partial charge in [-0.3, -0.25) is 15.2 Å². The van der Waals surface area contributed by atoms with Crippen molar-refractivity contribution in [3.8, 4) is 17.1 Å². The summed E-state index contributed by atoms with van der Waals surface area (Å²) in [4.78, 5) is 20.2. The highest BCUT2D eigenvalue weighted by molar-refractivity contribution is 5.89. The van der Waals surface area contributed by atoms with E-state index < -0.39 is 0 Å². The van der Waals surface area contributed by atoms with Crippen LogP contribution in [0, 0.1) is 5.92 Å². The molecule has 8 heteroatoms. The van der Waals surface area contributed by atoms with Crippen molar-refractivity contribution in [2.24, 2.45) is 10.9 Å². The van der Waals surface area contributed by atoms with E-state index in [1.165, 1.54) is 25.9 Å². The molecule has 1 N–H and O–H groups in total. The number of rotatable bonds is 3. The van der Waals surface area contributed by atoms with Gasteiger partial charge in [0.1, 0.15) is 5.60 Å². The molecule has 4 aliphatic rings. The average molecular weight is 366 g/mol. The zero-order valence-corrected chi connectivity index (χ0v) is 15.3. The highest BCUT2D eigenvalue weighted by Gasteiger charge is 2.51. The van der Waals surface area contributed by atoms with Gasteiger partial charge in [-0.1, -0.05) is 0 Å². The Morgan fingerprint density at radius 1 is 1.15 bits per heavy atom. The summed E-state index contributed by atoms with van der Waals surface area (Å²) in [6, 6.07) is 4.26. The number of hydrogen-bond acceptors (Lipinski definition) is 8. The van der Waals surface area contributed by atoms with Crippen LogP contribution in [0.3, 0.4) is 0 Å². The van der Waals surface area contributed by atoms with Crippen LogP contribution >= 0.6 is 0 Å². The summed E-state index contributed by atoms with van der Waals surface area (Å²) >= 11 is 0. The lowest BCUT2D eigenvalue weighted by molar-refractivity contribution is -0.0829. The van der Waals surface area contributed by atoms with E-state index >= 15 is 0 Å². The van der Waals surface area contributed by atoms with Gasteiger partial charge in [-0.15, -0.1) is 0 Å². The van der Waals surface area contributed by atoms with E-state index in [9.17, 15) is 0 Å². The summed E-state index contributed by atoms with van der Waals surface area (Å²) < 4.78 is 11.4. The van der Waals surface area contributed by atoms with Crippen molar-refractivity contribution >= 4 is 11.8 Å². The molecular weight excluding hydrogens is 344 g/mol. The first kappa shape index (κ1) is 16.4. The molecule has 4 aliphatic heterocycles. The monoisotopic (exact) mass is 366 g/mol. The molecule has 0 saturated carbocycles. The molecule has 2 aromatic rings. The van der Waals surface area contributed by atoms with Crippen molar-refractivity contribution in [1.29, 1.82) is 0 Å². The third kappa shape index (κ3) is 2.99. The summed E-state index contributed by atoms with van der Waals surface area (Å²) in [7, 11) is 1.59. The molecule has 6 rings (SSSR count). The standard InChI is InChI=1S/C19H22N6O2/c1-26-17-3-2-13(8-22-17)15-9-21-16(10-20-15)24-18-23-11-19(27-18)12-25-6-4-14(19)5-7-25/h2-3,8-10,14H,4-7,11-12H2,1H3,(H,21,23,24)/t19-/m0/s1. The predicted molar refractivity (Wildman–Crippen MR) is 101 cm³/mol. The maximum absolute atomic E-state index is 6.27. The molecule has 0 radical (unpaired) electrons. The van der Waals surface area contributed by atoms with Gasteiger partial charge in [0.15, 0.2) is 5.82 Å². The minimum absolute atomic E-state index is 0.152. The second-order valence-electron chi connectivity index (χ2n) is 7.34. The van der Waals surface area contributed by atoms with Crippen molar-refractivity contribution in [3.63, 3.8) is 0 Å². The van der Waals surface area contributed by atoms with Crippen LogP contribution in [0.25, 0.3) is 11.3 Å². The van der Waals surface area contributed by atoms with E-state index in [1.807, 2.05) is 6.07 Å². The Bertz CT molecular complexity index is 846. The normalized spacial score (nSPS) is 28.7. The van der Waals surface area contributed by atoms with Crippen molar-refractivity contribution in [3.05, 3.63) is 30.7 Å². The Morgan fingerprint density at radius 3 is 2.67 bits per heavy atom. The van der Waals surface area contributed by atoms with E-state index in [4.69, 9.17) is 9.47 Å². The SMILES string of the molecule is COc1ccc(-c2cnc(NC3=NC[C@@]4(CN5CCC4CC5)O3)cn2)cn1. The number of nitrogens with one attached hydrogen (secondary N) is 1. The van der Waals surface area contributed by atoms with Gasteiger partial charge >= 0.3 is 0 Å². The number of ether oxygens (including phenoxy) is 2. The Hall–Kier alpha value is -2.74. The smallest absolute Gasteiger partial charge is 0.291 e. The first-order chi connectivity index (χ1) is 13.2. The molecule has 1 spiro atoms. The van der Waals surface area contributed by atoms with E-state index in [1.54, 1.807) is 31.8 Å². The van der Waals surface area contributed by atoms with Crippen LogP contribution in [-0.2, 0) is 4.74 Å². The zero-order valence-electron chi connectivity index (χ0n) is 15.3. The Labute approximate surface area is 157 Å². The van der Waals surface area contributed by atoms with Crippen LogP contribution < -0.4 is 10.1 Å². The maximum Gasteiger partial charge on any atom is 0.291 e. The fourth-order valence-corrected chi connectivity index (χ4v) is 4.25. The lowest BCUT2D eigenvalue weighted by Crippen LogP contribution is -2.61. The Morgan fingerprint density at radius 2 is 2.04 bits per heavy atom. The summed E-state index contributed by atoms with van der Waals surface area (Å²) in [5, 5.41) is 3.17. The third-order valence-electron chi connectivity index (χ3n) is 5.74. The maximum atomic E-state index is 6.27. The van der Waals surface area contributed by atoms with Gasteiger partial charge in [-0.2, -0.15) is 0 Å². The van der Waals surface area contributed by atoms with Crippen molar-refractivity contribution < 1.29 is 9.47 Å². The minimum atomic E-state index is -0.152. The molecule has 140 valence electrons. The molecular formula is C19H22N6O2. The molecule has 8 nitrogen and oxygen atoms in total. The number of fused-ring (bicyclic) bond motifs is 2. The molecule has 27 heavy (non-hydrogen) atoms. The van der Waals surface area contributed by atoms with Crippen LogP contribution in [0.5, 0.6) is 5.88 Å². The number of piperidine rings is 3. The molecule has 6 heterocycles. The predicted octanol–water partition coefficient (Wildman–Crippen LogP) is 1.81. The summed E-state index contributed by atoms with van der Waals surface area (Å²) in [5.74, 6) is 1.79. The Kier molecular flexibility index (Phi) is 3.93. The van der Waals surface area contributed by atoms with Crippen LogP contribution in [0.15, 0.2) is 35.7 Å². The second-order valence-corrected chi connectivity index (χ2v) is 7.34. The quantitative estimate of drug-likeness (QED) is 0.887. The molecule has 0 aliphatic carbocycles. The number of pyridine rings is 1. The zero-order chi connectivity index (χ0) is 18.3. The van der Waals surface area contributed by atoms with Gasteiger partial charge in [-0.05, 0) is 32.0 Å². The molecule has 0 aromatic carbocycles. The van der Waals surface area contributed by atoms with Crippen LogP contribution in [0.1, 0.15) is 12.8 Å². The van der Waals surface area contributed by atoms with Crippen LogP contribution in [0.2, 0.25) is 0 Å². The van der Waals surface area contributed by atoms with E-state index in [0.29, 0.717) is 23.6 Å². The highest BCUT2D eigenvalue weighted by atomic mass is 16.5. The molecule has 3 saturated heterocycles. The molecule has 2 bridgehead atoms. The number of hydrogen-bond donors (Lipinski definition) is 1. The lowest BCUT2D eigenvalue weighted by Gasteiger charge is -2.50. The number of amidine groups is 1. The average Bonchev–Trinajstić information content (AvgIpc) is 3.11. The highest BCUT2D eigenvalue weighted by Crippen LogP contribution is 2.40. The second kappa shape index (κ2) is 6.45. The summed E-state index contributed by atoms with van der Waals surface area (Å²) in [5.41, 5.74) is 1.48. The van der Waals surface area contributed by atoms with Crippen molar-refractivity contribution in [1.82, 2.24) is 19.9 Å². The van der Waals surface area contributed by atoms with Crippen LogP contribution in [0.4, 0.5) is 5.82 Å². The number of aliphatic imine (C=N–C) groups is 1. The summed E-state index contributed by atoms with van der Waals surface area (Å²) in [6.07, 6.45) is 7.52. The van der Waals surface area contributed by atoms with Crippen molar-refractivity contribution in [2.75, 3.05) is 38.6 Å². The van der Waals surface area contributed by atoms with E-state index in [2.05, 4.69) is 30.2 Å². The number of anilines is 1. The molecule has 3 fully saturated rings. The Balaban J connectivity index is 1.25. The third-order valence-corrected chi connectivity index (χ3v) is 5.74. The molecule has 0 amide bonds. The van der Waals surface area contributed by atoms with Gasteiger partial charge in [0.05, 0.1) is 31.7 Å². The first-order valence-corrected chi connectivity index (χ1v) is 9.29. The van der Waals surface area contributed by atoms with E-state index in [-0.39, 0.29) is 5.60 Å². The van der Waals surface area contributed by atoms with Gasteiger partial charge in [0, 0.05) is 30.3 Å². The number of nitrogens with zero attached hydrogens (tertiary/aromatic N) is 5. The van der Waals surface area contributed by atoms with Crippen molar-refractivity contribution in [2.45, 2.75) is 18.4 Å². The fraction of sp³-hybridized carbons (Fsp3) is 0.474. The van der Waals surface area contributed by atoms with Crippen LogP contribution in [-0.4, -0.2) is 64.8 Å². The topological polar surface area (TPSA) is 84.8 Å². The largest absolute Gasteiger partial charge is 0.481 e. The fourth-order valence-electron chi connectivity index (χ4n) is 4.25. The first-order valence-electron chi connectivity index (χ1n) is 9.29.